The Morgan fingerprint density at radius 1 is 1.12 bits per heavy atom. The van der Waals surface area contributed by atoms with Gasteiger partial charge in [-0.15, -0.1) is 11.6 Å². The van der Waals surface area contributed by atoms with E-state index in [1.54, 1.807) is 11.8 Å². The Morgan fingerprint density at radius 2 is 1.94 bits per heavy atom. The Bertz CT molecular complexity index is 424. The fourth-order valence-corrected chi connectivity index (χ4v) is 2.65. The summed E-state index contributed by atoms with van der Waals surface area (Å²) in [7, 11) is 0. The van der Waals surface area contributed by atoms with Crippen LogP contribution in [-0.2, 0) is 0 Å². The molecule has 0 spiro atoms. The fraction of sp³-hybridized carbons (Fsp3) is 0.462. The predicted molar refractivity (Wildman–Crippen MR) is 73.9 cm³/mol. The van der Waals surface area contributed by atoms with Gasteiger partial charge in [-0.3, -0.25) is 0 Å². The number of rotatable bonds is 7. The molecule has 0 N–H and O–H groups in total. The van der Waals surface area contributed by atoms with Crippen molar-refractivity contribution in [1.82, 2.24) is 4.98 Å². The number of nitrogens with zero attached hydrogens (tertiary/aromatic N) is 1. The molecule has 92 valence electrons. The largest absolute Gasteiger partial charge is 0.431 e. The number of thioether (sulfide) groups is 1. The molecule has 0 aliphatic carbocycles. The summed E-state index contributed by atoms with van der Waals surface area (Å²) >= 11 is 7.32. The molecule has 2 nitrogen and oxygen atoms in total. The van der Waals surface area contributed by atoms with Gasteiger partial charge in [0.2, 0.25) is 0 Å². The molecular weight excluding hydrogens is 254 g/mol. The van der Waals surface area contributed by atoms with Crippen LogP contribution in [0.2, 0.25) is 0 Å². The van der Waals surface area contributed by atoms with Crippen LogP contribution in [-0.4, -0.2) is 16.6 Å². The molecule has 2 rings (SSSR count). The van der Waals surface area contributed by atoms with E-state index in [-0.39, 0.29) is 0 Å². The molecule has 1 aromatic carbocycles. The molecule has 0 aliphatic rings. The summed E-state index contributed by atoms with van der Waals surface area (Å²) in [5.74, 6) is 1.84. The summed E-state index contributed by atoms with van der Waals surface area (Å²) in [6.45, 7) is 0. The van der Waals surface area contributed by atoms with Crippen molar-refractivity contribution in [2.75, 3.05) is 11.6 Å². The lowest BCUT2D eigenvalue weighted by atomic mass is 10.2. The number of halogens is 1. The van der Waals surface area contributed by atoms with Crippen LogP contribution in [0.4, 0.5) is 0 Å². The first-order chi connectivity index (χ1) is 8.40. The summed E-state index contributed by atoms with van der Waals surface area (Å²) in [6, 6.07) is 7.87. The highest BCUT2D eigenvalue weighted by molar-refractivity contribution is 7.99. The Hall–Kier alpha value is -0.670. The Morgan fingerprint density at radius 3 is 2.76 bits per heavy atom. The Kier molecular flexibility index (Phi) is 5.20. The zero-order valence-electron chi connectivity index (χ0n) is 9.69. The Labute approximate surface area is 111 Å². The van der Waals surface area contributed by atoms with Crippen molar-refractivity contribution in [2.24, 2.45) is 0 Å². The monoisotopic (exact) mass is 269 g/mol. The van der Waals surface area contributed by atoms with Gasteiger partial charge in [-0.25, -0.2) is 4.98 Å². The van der Waals surface area contributed by atoms with Gasteiger partial charge in [-0.05, 0) is 25.0 Å². The lowest BCUT2D eigenvalue weighted by Gasteiger charge is -1.97. The normalized spacial score (nSPS) is 11.1. The summed E-state index contributed by atoms with van der Waals surface area (Å²) < 4.78 is 5.63. The topological polar surface area (TPSA) is 26.0 Å². The van der Waals surface area contributed by atoms with E-state index in [0.29, 0.717) is 0 Å². The molecule has 0 bridgehead atoms. The molecular formula is C13H16ClNOS. The van der Waals surface area contributed by atoms with E-state index < -0.39 is 0 Å². The SMILES string of the molecule is ClCCCCCCSc1nc2ccccc2o1. The van der Waals surface area contributed by atoms with Gasteiger partial charge in [-0.2, -0.15) is 0 Å². The molecule has 0 saturated carbocycles. The highest BCUT2D eigenvalue weighted by Crippen LogP contribution is 2.24. The minimum Gasteiger partial charge on any atom is -0.431 e. The van der Waals surface area contributed by atoms with E-state index in [9.17, 15) is 0 Å². The minimum atomic E-state index is 0.776. The van der Waals surface area contributed by atoms with Crippen LogP contribution in [0.5, 0.6) is 0 Å². The van der Waals surface area contributed by atoms with Gasteiger partial charge in [-0.1, -0.05) is 36.7 Å². The maximum absolute atomic E-state index is 5.63. The highest BCUT2D eigenvalue weighted by Gasteiger charge is 2.04. The van der Waals surface area contributed by atoms with E-state index in [0.717, 1.165) is 34.4 Å². The van der Waals surface area contributed by atoms with Gasteiger partial charge in [0.15, 0.2) is 5.58 Å². The van der Waals surface area contributed by atoms with Crippen molar-refractivity contribution in [1.29, 1.82) is 0 Å². The van der Waals surface area contributed by atoms with E-state index in [1.165, 1.54) is 19.3 Å². The van der Waals surface area contributed by atoms with Gasteiger partial charge in [0, 0.05) is 11.6 Å². The summed E-state index contributed by atoms with van der Waals surface area (Å²) in [6.07, 6.45) is 4.77. The summed E-state index contributed by atoms with van der Waals surface area (Å²) in [5.41, 5.74) is 1.81. The number of fused-ring (bicyclic) bond motifs is 1. The van der Waals surface area contributed by atoms with Crippen LogP contribution in [0, 0.1) is 0 Å². The molecule has 0 atom stereocenters. The maximum atomic E-state index is 5.63. The standard InChI is InChI=1S/C13H16ClNOS/c14-9-5-1-2-6-10-17-13-15-11-7-3-4-8-12(11)16-13/h3-4,7-8H,1-2,5-6,9-10H2. The maximum Gasteiger partial charge on any atom is 0.256 e. The third-order valence-corrected chi connectivity index (χ3v) is 3.71. The number of oxazole rings is 1. The van der Waals surface area contributed by atoms with Gasteiger partial charge < -0.3 is 4.42 Å². The first-order valence-electron chi connectivity index (χ1n) is 5.94. The van der Waals surface area contributed by atoms with Crippen molar-refractivity contribution >= 4 is 34.5 Å². The van der Waals surface area contributed by atoms with Crippen LogP contribution in [0.25, 0.3) is 11.1 Å². The molecule has 0 aliphatic heterocycles. The van der Waals surface area contributed by atoms with Crippen molar-refractivity contribution in [3.05, 3.63) is 24.3 Å². The first-order valence-corrected chi connectivity index (χ1v) is 7.46. The van der Waals surface area contributed by atoms with E-state index in [2.05, 4.69) is 4.98 Å². The number of hydrogen-bond acceptors (Lipinski definition) is 3. The van der Waals surface area contributed by atoms with Crippen LogP contribution in [0.1, 0.15) is 25.7 Å². The van der Waals surface area contributed by atoms with E-state index in [4.69, 9.17) is 16.0 Å². The van der Waals surface area contributed by atoms with Crippen LogP contribution in [0.15, 0.2) is 33.9 Å². The third kappa shape index (κ3) is 3.93. The molecule has 0 radical (unpaired) electrons. The zero-order valence-corrected chi connectivity index (χ0v) is 11.3. The Balaban J connectivity index is 1.75. The van der Waals surface area contributed by atoms with Gasteiger partial charge in [0.1, 0.15) is 5.52 Å². The molecule has 0 amide bonds. The fourth-order valence-electron chi connectivity index (χ4n) is 1.62. The number of alkyl halides is 1. The molecule has 0 fully saturated rings. The van der Waals surface area contributed by atoms with Gasteiger partial charge in [0.25, 0.3) is 5.22 Å². The second-order valence-corrected chi connectivity index (χ2v) is 5.32. The van der Waals surface area contributed by atoms with Crippen LogP contribution >= 0.6 is 23.4 Å². The second kappa shape index (κ2) is 6.92. The zero-order chi connectivity index (χ0) is 11.9. The average Bonchev–Trinajstić information content (AvgIpc) is 2.76. The van der Waals surface area contributed by atoms with E-state index in [1.807, 2.05) is 24.3 Å². The third-order valence-electron chi connectivity index (χ3n) is 2.53. The molecule has 2 aromatic rings. The first kappa shape index (κ1) is 12.8. The molecule has 0 unspecified atom stereocenters. The van der Waals surface area contributed by atoms with E-state index >= 15 is 0 Å². The van der Waals surface area contributed by atoms with Crippen molar-refractivity contribution < 1.29 is 4.42 Å². The summed E-state index contributed by atoms with van der Waals surface area (Å²) in [5, 5.41) is 0.781. The number of para-hydroxylation sites is 2. The number of unbranched alkanes of at least 4 members (excludes halogenated alkanes) is 3. The van der Waals surface area contributed by atoms with Gasteiger partial charge in [0.05, 0.1) is 0 Å². The quantitative estimate of drug-likeness (QED) is 0.413. The minimum absolute atomic E-state index is 0.776. The number of hydrogen-bond donors (Lipinski definition) is 0. The van der Waals surface area contributed by atoms with Gasteiger partial charge >= 0.3 is 0 Å². The second-order valence-electron chi connectivity index (χ2n) is 3.90. The highest BCUT2D eigenvalue weighted by atomic mass is 35.5. The van der Waals surface area contributed by atoms with Crippen molar-refractivity contribution in [3.8, 4) is 0 Å². The molecule has 1 heterocycles. The predicted octanol–water partition coefficient (Wildman–Crippen LogP) is 4.72. The molecule has 17 heavy (non-hydrogen) atoms. The van der Waals surface area contributed by atoms with Crippen LogP contribution < -0.4 is 0 Å². The number of benzene rings is 1. The molecule has 0 saturated heterocycles. The molecule has 4 heteroatoms. The van der Waals surface area contributed by atoms with Crippen molar-refractivity contribution in [2.45, 2.75) is 30.9 Å². The average molecular weight is 270 g/mol. The summed E-state index contributed by atoms with van der Waals surface area (Å²) in [4.78, 5) is 4.42. The molecule has 1 aromatic heterocycles. The number of aromatic nitrogens is 1. The smallest absolute Gasteiger partial charge is 0.256 e. The lowest BCUT2D eigenvalue weighted by molar-refractivity contribution is 0.489. The van der Waals surface area contributed by atoms with Crippen LogP contribution in [0.3, 0.4) is 0 Å². The lowest BCUT2D eigenvalue weighted by Crippen LogP contribution is -1.82. The van der Waals surface area contributed by atoms with Crippen molar-refractivity contribution in [3.63, 3.8) is 0 Å².